The summed E-state index contributed by atoms with van der Waals surface area (Å²) in [6.45, 7) is 1.80. The molecule has 2 atom stereocenters. The minimum Gasteiger partial charge on any atom is -0.497 e. The Kier molecular flexibility index (Phi) is 4.20. The van der Waals surface area contributed by atoms with Gasteiger partial charge in [0.1, 0.15) is 5.75 Å². The lowest BCUT2D eigenvalue weighted by Gasteiger charge is -2.17. The van der Waals surface area contributed by atoms with Crippen molar-refractivity contribution >= 4 is 11.8 Å². The summed E-state index contributed by atoms with van der Waals surface area (Å²) in [7, 11) is 1.59. The summed E-state index contributed by atoms with van der Waals surface area (Å²) in [4.78, 5) is 2.48. The molecule has 1 aromatic rings. The molecule has 0 heterocycles. The van der Waals surface area contributed by atoms with Gasteiger partial charge in [-0.05, 0) is 36.4 Å². The van der Waals surface area contributed by atoms with Crippen molar-refractivity contribution < 1.29 is 9.84 Å². The first-order valence-electron chi connectivity index (χ1n) is 4.37. The lowest BCUT2D eigenvalue weighted by molar-refractivity contribution is 0.146. The predicted molar refractivity (Wildman–Crippen MR) is 56.4 cm³/mol. The monoisotopic (exact) mass is 215 g/mol. The van der Waals surface area contributed by atoms with Gasteiger partial charge in [0.2, 0.25) is 0 Å². The van der Waals surface area contributed by atoms with E-state index in [2.05, 4.69) is 4.84 Å². The Bertz CT molecular complexity index is 293. The van der Waals surface area contributed by atoms with Gasteiger partial charge in [0.25, 0.3) is 0 Å². The number of nitrogens with one attached hydrogen (secondary N) is 1. The van der Waals surface area contributed by atoms with Crippen LogP contribution in [0.2, 0.25) is 0 Å². The van der Waals surface area contributed by atoms with E-state index in [1.54, 1.807) is 20.1 Å². The second-order valence-corrected chi connectivity index (χ2v) is 3.34. The molecule has 4 heteroatoms. The van der Waals surface area contributed by atoms with E-state index in [0.717, 1.165) is 11.3 Å². The molecule has 0 aliphatic rings. The molecule has 0 aliphatic carbocycles. The summed E-state index contributed by atoms with van der Waals surface area (Å²) in [5.74, 6) is 0.725. The first kappa shape index (κ1) is 11.3. The molecular formula is C10H14ClNO2. The predicted octanol–water partition coefficient (Wildman–Crippen LogP) is 1.86. The summed E-state index contributed by atoms with van der Waals surface area (Å²) in [5.41, 5.74) is 0.782. The second kappa shape index (κ2) is 5.20. The zero-order valence-electron chi connectivity index (χ0n) is 8.20. The van der Waals surface area contributed by atoms with Crippen LogP contribution in [-0.4, -0.2) is 18.3 Å². The zero-order valence-corrected chi connectivity index (χ0v) is 8.95. The zero-order chi connectivity index (χ0) is 10.6. The number of rotatable bonds is 4. The highest BCUT2D eigenvalue weighted by molar-refractivity contribution is 6.13. The van der Waals surface area contributed by atoms with Gasteiger partial charge in [0.05, 0.1) is 13.2 Å². The maximum atomic E-state index is 9.81. The van der Waals surface area contributed by atoms with E-state index in [4.69, 9.17) is 16.5 Å². The number of halogens is 1. The SMILES string of the molecule is COc1cccc([C@@H](O)[C@H](C)NCl)c1. The van der Waals surface area contributed by atoms with Gasteiger partial charge >= 0.3 is 0 Å². The summed E-state index contributed by atoms with van der Waals surface area (Å²) in [6.07, 6.45) is -0.636. The number of aliphatic hydroxyl groups is 1. The van der Waals surface area contributed by atoms with Crippen LogP contribution in [0.4, 0.5) is 0 Å². The Morgan fingerprint density at radius 3 is 2.79 bits per heavy atom. The lowest BCUT2D eigenvalue weighted by atomic mass is 10.0. The summed E-state index contributed by atoms with van der Waals surface area (Å²) in [6, 6.07) is 7.07. The van der Waals surface area contributed by atoms with Gasteiger partial charge in [-0.15, -0.1) is 0 Å². The summed E-state index contributed by atoms with van der Waals surface area (Å²) in [5, 5.41) is 9.81. The van der Waals surface area contributed by atoms with Gasteiger partial charge in [-0.2, -0.15) is 0 Å². The maximum Gasteiger partial charge on any atom is 0.119 e. The van der Waals surface area contributed by atoms with Crippen LogP contribution in [0, 0.1) is 0 Å². The number of aliphatic hydroxyl groups excluding tert-OH is 1. The number of hydrogen-bond acceptors (Lipinski definition) is 3. The molecule has 3 nitrogen and oxygen atoms in total. The molecule has 1 rings (SSSR count). The van der Waals surface area contributed by atoms with Crippen LogP contribution in [0.3, 0.4) is 0 Å². The Labute approximate surface area is 88.8 Å². The van der Waals surface area contributed by atoms with Crippen molar-refractivity contribution in [2.24, 2.45) is 0 Å². The standard InChI is InChI=1S/C10H14ClNO2/c1-7(12-11)10(13)8-4-3-5-9(6-8)14-2/h3-7,10,12-13H,1-2H3/t7-,10-/m0/s1. The van der Waals surface area contributed by atoms with Gasteiger partial charge in [-0.1, -0.05) is 12.1 Å². The highest BCUT2D eigenvalue weighted by atomic mass is 35.5. The molecule has 0 saturated carbocycles. The second-order valence-electron chi connectivity index (χ2n) is 3.12. The third-order valence-corrected chi connectivity index (χ3v) is 2.43. The van der Waals surface area contributed by atoms with Crippen LogP contribution in [0.1, 0.15) is 18.6 Å². The minimum atomic E-state index is -0.636. The Balaban J connectivity index is 2.83. The van der Waals surface area contributed by atoms with E-state index in [9.17, 15) is 5.11 Å². The molecule has 78 valence electrons. The Hall–Kier alpha value is -0.770. The molecule has 0 aromatic heterocycles. The van der Waals surface area contributed by atoms with E-state index >= 15 is 0 Å². The molecule has 2 N–H and O–H groups in total. The Morgan fingerprint density at radius 1 is 1.50 bits per heavy atom. The smallest absolute Gasteiger partial charge is 0.119 e. The third-order valence-electron chi connectivity index (χ3n) is 2.08. The Morgan fingerprint density at radius 2 is 2.21 bits per heavy atom. The number of hydrogen-bond donors (Lipinski definition) is 2. The van der Waals surface area contributed by atoms with Crippen molar-refractivity contribution in [3.8, 4) is 5.75 Å². The van der Waals surface area contributed by atoms with Crippen molar-refractivity contribution in [1.82, 2.24) is 4.84 Å². The number of methoxy groups -OCH3 is 1. The quantitative estimate of drug-likeness (QED) is 0.754. The van der Waals surface area contributed by atoms with Crippen LogP contribution in [0.15, 0.2) is 24.3 Å². The van der Waals surface area contributed by atoms with Crippen LogP contribution in [0.5, 0.6) is 5.75 Å². The van der Waals surface area contributed by atoms with Crippen molar-refractivity contribution in [3.63, 3.8) is 0 Å². The molecule has 0 saturated heterocycles. The van der Waals surface area contributed by atoms with Crippen molar-refractivity contribution in [3.05, 3.63) is 29.8 Å². The molecule has 14 heavy (non-hydrogen) atoms. The van der Waals surface area contributed by atoms with Gasteiger partial charge < -0.3 is 9.84 Å². The average molecular weight is 216 g/mol. The lowest BCUT2D eigenvalue weighted by Crippen LogP contribution is -2.25. The fourth-order valence-electron chi connectivity index (χ4n) is 1.17. The van der Waals surface area contributed by atoms with Gasteiger partial charge in [-0.25, -0.2) is 4.84 Å². The van der Waals surface area contributed by atoms with Crippen LogP contribution in [-0.2, 0) is 0 Å². The van der Waals surface area contributed by atoms with Crippen LogP contribution >= 0.6 is 11.8 Å². The number of benzene rings is 1. The molecule has 0 fully saturated rings. The van der Waals surface area contributed by atoms with Crippen LogP contribution in [0.25, 0.3) is 0 Å². The van der Waals surface area contributed by atoms with Gasteiger partial charge in [0.15, 0.2) is 0 Å². The van der Waals surface area contributed by atoms with Gasteiger partial charge in [0, 0.05) is 6.04 Å². The molecule has 0 amide bonds. The molecule has 0 spiro atoms. The fourth-order valence-corrected chi connectivity index (χ4v) is 1.29. The molecule has 0 bridgehead atoms. The molecule has 0 unspecified atom stereocenters. The first-order chi connectivity index (χ1) is 6.69. The topological polar surface area (TPSA) is 41.5 Å². The highest BCUT2D eigenvalue weighted by Gasteiger charge is 2.15. The van der Waals surface area contributed by atoms with E-state index in [-0.39, 0.29) is 6.04 Å². The molecular weight excluding hydrogens is 202 g/mol. The van der Waals surface area contributed by atoms with E-state index in [1.807, 2.05) is 18.2 Å². The largest absolute Gasteiger partial charge is 0.497 e. The molecule has 1 aromatic carbocycles. The average Bonchev–Trinajstić information content (AvgIpc) is 2.27. The molecule has 0 radical (unpaired) electrons. The third kappa shape index (κ3) is 2.61. The van der Waals surface area contributed by atoms with Crippen molar-refractivity contribution in [1.29, 1.82) is 0 Å². The summed E-state index contributed by atoms with van der Waals surface area (Å²) < 4.78 is 5.05. The van der Waals surface area contributed by atoms with Crippen LogP contribution < -0.4 is 9.57 Å². The molecule has 0 aliphatic heterocycles. The normalized spacial score (nSPS) is 14.9. The first-order valence-corrected chi connectivity index (χ1v) is 4.75. The van der Waals surface area contributed by atoms with E-state index in [0.29, 0.717) is 0 Å². The summed E-state index contributed by atoms with van der Waals surface area (Å²) >= 11 is 5.43. The van der Waals surface area contributed by atoms with Crippen molar-refractivity contribution in [2.45, 2.75) is 19.1 Å². The highest BCUT2D eigenvalue weighted by Crippen LogP contribution is 2.21. The number of ether oxygens (including phenoxy) is 1. The van der Waals surface area contributed by atoms with Gasteiger partial charge in [-0.3, -0.25) is 0 Å². The van der Waals surface area contributed by atoms with E-state index in [1.165, 1.54) is 0 Å². The minimum absolute atomic E-state index is 0.205. The van der Waals surface area contributed by atoms with Crippen molar-refractivity contribution in [2.75, 3.05) is 7.11 Å². The fraction of sp³-hybridized carbons (Fsp3) is 0.400. The van der Waals surface area contributed by atoms with E-state index < -0.39 is 6.10 Å². The maximum absolute atomic E-state index is 9.81.